The molecule has 1 atom stereocenters. The maximum atomic E-state index is 10.0. The van der Waals surface area contributed by atoms with E-state index in [-0.39, 0.29) is 0 Å². The SMILES string of the molecule is CCCC[C@@H](O)c1cccc(OC)c1OC. The molecule has 0 saturated carbocycles. The Kier molecular flexibility index (Phi) is 5.12. The molecule has 0 saturated heterocycles. The Morgan fingerprint density at radius 3 is 2.56 bits per heavy atom. The topological polar surface area (TPSA) is 38.7 Å². The number of hydrogen-bond donors (Lipinski definition) is 1. The van der Waals surface area contributed by atoms with E-state index in [0.717, 1.165) is 24.8 Å². The van der Waals surface area contributed by atoms with Crippen molar-refractivity contribution in [1.82, 2.24) is 0 Å². The summed E-state index contributed by atoms with van der Waals surface area (Å²) in [7, 11) is 3.19. The zero-order valence-corrected chi connectivity index (χ0v) is 10.2. The van der Waals surface area contributed by atoms with Crippen LogP contribution in [0.15, 0.2) is 18.2 Å². The summed E-state index contributed by atoms with van der Waals surface area (Å²) in [5.41, 5.74) is 0.801. The Morgan fingerprint density at radius 1 is 1.25 bits per heavy atom. The van der Waals surface area contributed by atoms with E-state index >= 15 is 0 Å². The second-order valence-electron chi connectivity index (χ2n) is 3.74. The lowest BCUT2D eigenvalue weighted by Gasteiger charge is -2.16. The van der Waals surface area contributed by atoms with Gasteiger partial charge in [-0.25, -0.2) is 0 Å². The first-order chi connectivity index (χ1) is 7.74. The van der Waals surface area contributed by atoms with Crippen LogP contribution in [0.25, 0.3) is 0 Å². The van der Waals surface area contributed by atoms with E-state index in [2.05, 4.69) is 6.92 Å². The van der Waals surface area contributed by atoms with Crippen molar-refractivity contribution in [3.05, 3.63) is 23.8 Å². The minimum absolute atomic E-state index is 0.481. The van der Waals surface area contributed by atoms with Crippen molar-refractivity contribution in [3.63, 3.8) is 0 Å². The van der Waals surface area contributed by atoms with Crippen LogP contribution in [-0.2, 0) is 0 Å². The number of para-hydroxylation sites is 1. The zero-order chi connectivity index (χ0) is 12.0. The third-order valence-corrected chi connectivity index (χ3v) is 2.62. The van der Waals surface area contributed by atoms with Crippen LogP contribution in [-0.4, -0.2) is 19.3 Å². The van der Waals surface area contributed by atoms with Crippen LogP contribution < -0.4 is 9.47 Å². The predicted octanol–water partition coefficient (Wildman–Crippen LogP) is 2.93. The van der Waals surface area contributed by atoms with Gasteiger partial charge in [-0.2, -0.15) is 0 Å². The van der Waals surface area contributed by atoms with Crippen molar-refractivity contribution in [2.45, 2.75) is 32.3 Å². The molecule has 3 nitrogen and oxygen atoms in total. The minimum Gasteiger partial charge on any atom is -0.493 e. The smallest absolute Gasteiger partial charge is 0.166 e. The molecule has 0 aromatic heterocycles. The fourth-order valence-corrected chi connectivity index (χ4v) is 1.73. The quantitative estimate of drug-likeness (QED) is 0.807. The lowest BCUT2D eigenvalue weighted by atomic mass is 10.0. The van der Waals surface area contributed by atoms with Crippen LogP contribution in [0.5, 0.6) is 11.5 Å². The monoisotopic (exact) mass is 224 g/mol. The van der Waals surface area contributed by atoms with E-state index in [1.165, 1.54) is 0 Å². The number of rotatable bonds is 6. The summed E-state index contributed by atoms with van der Waals surface area (Å²) in [5, 5.41) is 10.0. The molecule has 0 spiro atoms. The van der Waals surface area contributed by atoms with Crippen molar-refractivity contribution in [2.75, 3.05) is 14.2 Å². The lowest BCUT2D eigenvalue weighted by molar-refractivity contribution is 0.159. The van der Waals surface area contributed by atoms with Gasteiger partial charge in [0.15, 0.2) is 11.5 Å². The first kappa shape index (κ1) is 12.8. The van der Waals surface area contributed by atoms with Gasteiger partial charge in [-0.1, -0.05) is 31.9 Å². The number of unbranched alkanes of at least 4 members (excludes halogenated alkanes) is 1. The standard InChI is InChI=1S/C13H20O3/c1-4-5-8-11(14)10-7-6-9-12(15-2)13(10)16-3/h6-7,9,11,14H,4-5,8H2,1-3H3/t11-/m1/s1. The molecule has 0 aliphatic heterocycles. The van der Waals surface area contributed by atoms with Crippen LogP contribution in [0, 0.1) is 0 Å². The maximum absolute atomic E-state index is 10.0. The average Bonchev–Trinajstić information content (AvgIpc) is 2.34. The van der Waals surface area contributed by atoms with Gasteiger partial charge in [-0.05, 0) is 12.5 Å². The number of aliphatic hydroxyl groups is 1. The van der Waals surface area contributed by atoms with Crippen molar-refractivity contribution in [2.24, 2.45) is 0 Å². The largest absolute Gasteiger partial charge is 0.493 e. The molecule has 1 aromatic carbocycles. The van der Waals surface area contributed by atoms with Crippen molar-refractivity contribution < 1.29 is 14.6 Å². The summed E-state index contributed by atoms with van der Waals surface area (Å²) in [4.78, 5) is 0. The molecule has 0 heterocycles. The van der Waals surface area contributed by atoms with Gasteiger partial charge in [-0.15, -0.1) is 0 Å². The van der Waals surface area contributed by atoms with Crippen molar-refractivity contribution >= 4 is 0 Å². The second-order valence-corrected chi connectivity index (χ2v) is 3.74. The fourth-order valence-electron chi connectivity index (χ4n) is 1.73. The molecule has 0 radical (unpaired) electrons. The Bertz CT molecular complexity index is 323. The predicted molar refractivity (Wildman–Crippen MR) is 64.0 cm³/mol. The van der Waals surface area contributed by atoms with Crippen LogP contribution in [0.2, 0.25) is 0 Å². The molecular weight excluding hydrogens is 204 g/mol. The Labute approximate surface area is 97.0 Å². The van der Waals surface area contributed by atoms with Gasteiger partial charge in [0.1, 0.15) is 0 Å². The molecule has 16 heavy (non-hydrogen) atoms. The molecule has 0 bridgehead atoms. The Morgan fingerprint density at radius 2 is 2.00 bits per heavy atom. The molecular formula is C13H20O3. The van der Waals surface area contributed by atoms with Gasteiger partial charge < -0.3 is 14.6 Å². The number of hydrogen-bond acceptors (Lipinski definition) is 3. The highest BCUT2D eigenvalue weighted by Crippen LogP contribution is 2.36. The van der Waals surface area contributed by atoms with E-state index in [1.807, 2.05) is 18.2 Å². The number of methoxy groups -OCH3 is 2. The van der Waals surface area contributed by atoms with Gasteiger partial charge in [0.25, 0.3) is 0 Å². The first-order valence-electron chi connectivity index (χ1n) is 5.63. The number of ether oxygens (including phenoxy) is 2. The summed E-state index contributed by atoms with van der Waals surface area (Å²) in [6, 6.07) is 5.57. The molecule has 0 unspecified atom stereocenters. The summed E-state index contributed by atoms with van der Waals surface area (Å²) in [6.45, 7) is 2.11. The van der Waals surface area contributed by atoms with Gasteiger partial charge in [0.05, 0.1) is 20.3 Å². The molecule has 3 heteroatoms. The highest BCUT2D eigenvalue weighted by Gasteiger charge is 2.16. The minimum atomic E-state index is -0.481. The third-order valence-electron chi connectivity index (χ3n) is 2.62. The molecule has 1 N–H and O–H groups in total. The molecule has 0 fully saturated rings. The van der Waals surface area contributed by atoms with Crippen LogP contribution in [0.4, 0.5) is 0 Å². The number of aliphatic hydroxyl groups excluding tert-OH is 1. The van der Waals surface area contributed by atoms with Gasteiger partial charge in [0, 0.05) is 5.56 Å². The molecule has 1 aromatic rings. The Balaban J connectivity index is 2.93. The van der Waals surface area contributed by atoms with Crippen LogP contribution in [0.1, 0.15) is 37.9 Å². The van der Waals surface area contributed by atoms with Crippen LogP contribution in [0.3, 0.4) is 0 Å². The second kappa shape index (κ2) is 6.38. The lowest BCUT2D eigenvalue weighted by Crippen LogP contribution is -2.02. The third kappa shape index (κ3) is 2.89. The molecule has 90 valence electrons. The molecule has 0 aliphatic rings. The van der Waals surface area contributed by atoms with Crippen LogP contribution >= 0.6 is 0 Å². The molecule has 0 amide bonds. The highest BCUT2D eigenvalue weighted by molar-refractivity contribution is 5.47. The van der Waals surface area contributed by atoms with Gasteiger partial charge >= 0.3 is 0 Å². The fraction of sp³-hybridized carbons (Fsp3) is 0.538. The van der Waals surface area contributed by atoms with Crippen molar-refractivity contribution in [3.8, 4) is 11.5 Å². The normalized spacial score (nSPS) is 12.2. The maximum Gasteiger partial charge on any atom is 0.166 e. The zero-order valence-electron chi connectivity index (χ0n) is 10.2. The summed E-state index contributed by atoms with van der Waals surface area (Å²) in [5.74, 6) is 1.30. The van der Waals surface area contributed by atoms with E-state index in [1.54, 1.807) is 14.2 Å². The number of benzene rings is 1. The Hall–Kier alpha value is -1.22. The van der Waals surface area contributed by atoms with Crippen molar-refractivity contribution in [1.29, 1.82) is 0 Å². The van der Waals surface area contributed by atoms with E-state index in [9.17, 15) is 5.11 Å². The summed E-state index contributed by atoms with van der Waals surface area (Å²) < 4.78 is 10.5. The van der Waals surface area contributed by atoms with E-state index in [0.29, 0.717) is 11.5 Å². The molecule has 0 aliphatic carbocycles. The highest BCUT2D eigenvalue weighted by atomic mass is 16.5. The average molecular weight is 224 g/mol. The first-order valence-corrected chi connectivity index (χ1v) is 5.63. The van der Waals surface area contributed by atoms with Gasteiger partial charge in [-0.3, -0.25) is 0 Å². The van der Waals surface area contributed by atoms with Gasteiger partial charge in [0.2, 0.25) is 0 Å². The summed E-state index contributed by atoms with van der Waals surface area (Å²) >= 11 is 0. The molecule has 1 rings (SSSR count). The van der Waals surface area contributed by atoms with E-state index in [4.69, 9.17) is 9.47 Å². The summed E-state index contributed by atoms with van der Waals surface area (Å²) in [6.07, 6.45) is 2.34. The van der Waals surface area contributed by atoms with E-state index < -0.39 is 6.10 Å².